The van der Waals surface area contributed by atoms with E-state index in [-0.39, 0.29) is 11.4 Å². The molecule has 78 valence electrons. The second-order valence-corrected chi connectivity index (χ2v) is 5.56. The van der Waals surface area contributed by atoms with Gasteiger partial charge in [0.1, 0.15) is 5.54 Å². The van der Waals surface area contributed by atoms with E-state index in [1.54, 1.807) is 0 Å². The molecule has 1 amide bonds. The number of hydrogen-bond acceptors (Lipinski definition) is 2. The van der Waals surface area contributed by atoms with E-state index in [4.69, 9.17) is 12.2 Å². The molecule has 2 fully saturated rings. The molecule has 2 aliphatic rings. The standard InChI is InChI=1S/C10H16N2OS/c1-9(2)3-5-10(6-4-9)7(13)11-8(14)12-10/h3-6H2,1-2H3,(H2,11,12,13,14). The Morgan fingerprint density at radius 3 is 2.21 bits per heavy atom. The lowest BCUT2D eigenvalue weighted by atomic mass is 9.69. The van der Waals surface area contributed by atoms with Gasteiger partial charge in [0.05, 0.1) is 0 Å². The molecule has 0 aromatic rings. The van der Waals surface area contributed by atoms with Crippen LogP contribution in [0, 0.1) is 5.41 Å². The molecule has 0 bridgehead atoms. The van der Waals surface area contributed by atoms with Crippen LogP contribution >= 0.6 is 12.2 Å². The van der Waals surface area contributed by atoms with Gasteiger partial charge >= 0.3 is 0 Å². The lowest BCUT2D eigenvalue weighted by molar-refractivity contribution is -0.125. The molecule has 1 aliphatic heterocycles. The van der Waals surface area contributed by atoms with Crippen molar-refractivity contribution >= 4 is 23.2 Å². The summed E-state index contributed by atoms with van der Waals surface area (Å²) in [5.74, 6) is 0.0676. The summed E-state index contributed by atoms with van der Waals surface area (Å²) in [6.45, 7) is 4.51. The Bertz CT molecular complexity index is 288. The van der Waals surface area contributed by atoms with Crippen molar-refractivity contribution in [2.45, 2.75) is 45.1 Å². The zero-order valence-corrected chi connectivity index (χ0v) is 9.46. The predicted octanol–water partition coefficient (Wildman–Crippen LogP) is 1.33. The summed E-state index contributed by atoms with van der Waals surface area (Å²) >= 11 is 4.96. The van der Waals surface area contributed by atoms with Gasteiger partial charge in [-0.1, -0.05) is 13.8 Å². The van der Waals surface area contributed by atoms with Crippen LogP contribution < -0.4 is 10.6 Å². The predicted molar refractivity (Wildman–Crippen MR) is 58.9 cm³/mol. The highest BCUT2D eigenvalue weighted by Crippen LogP contribution is 2.41. The highest BCUT2D eigenvalue weighted by Gasteiger charge is 2.48. The number of amides is 1. The third-order valence-corrected chi connectivity index (χ3v) is 3.68. The summed E-state index contributed by atoms with van der Waals surface area (Å²) < 4.78 is 0. The van der Waals surface area contributed by atoms with Crippen molar-refractivity contribution in [1.29, 1.82) is 0 Å². The Balaban J connectivity index is 2.13. The average molecular weight is 212 g/mol. The van der Waals surface area contributed by atoms with Crippen LogP contribution in [0.25, 0.3) is 0 Å². The minimum atomic E-state index is -0.382. The lowest BCUT2D eigenvalue weighted by Crippen LogP contribution is -2.50. The van der Waals surface area contributed by atoms with Gasteiger partial charge in [-0.15, -0.1) is 0 Å². The average Bonchev–Trinajstić information content (AvgIpc) is 2.35. The number of carbonyl (C=O) groups excluding carboxylic acids is 1. The third kappa shape index (κ3) is 1.52. The topological polar surface area (TPSA) is 41.1 Å². The molecule has 4 heteroatoms. The van der Waals surface area contributed by atoms with E-state index in [0.29, 0.717) is 10.5 Å². The molecule has 0 unspecified atom stereocenters. The van der Waals surface area contributed by atoms with Crippen molar-refractivity contribution in [3.8, 4) is 0 Å². The van der Waals surface area contributed by atoms with Gasteiger partial charge in [-0.2, -0.15) is 0 Å². The molecule has 2 rings (SSSR count). The maximum Gasteiger partial charge on any atom is 0.251 e. The highest BCUT2D eigenvalue weighted by molar-refractivity contribution is 7.80. The van der Waals surface area contributed by atoms with E-state index in [9.17, 15) is 4.79 Å². The van der Waals surface area contributed by atoms with Crippen molar-refractivity contribution in [2.75, 3.05) is 0 Å². The van der Waals surface area contributed by atoms with Crippen LogP contribution in [0.1, 0.15) is 39.5 Å². The summed E-state index contributed by atoms with van der Waals surface area (Å²) in [5, 5.41) is 6.31. The van der Waals surface area contributed by atoms with Gasteiger partial charge in [0.15, 0.2) is 5.11 Å². The van der Waals surface area contributed by atoms with Gasteiger partial charge in [-0.3, -0.25) is 4.79 Å². The van der Waals surface area contributed by atoms with E-state index < -0.39 is 0 Å². The van der Waals surface area contributed by atoms with Gasteiger partial charge in [0, 0.05) is 0 Å². The summed E-state index contributed by atoms with van der Waals surface area (Å²) in [6, 6.07) is 0. The smallest absolute Gasteiger partial charge is 0.251 e. The molecule has 1 spiro atoms. The largest absolute Gasteiger partial charge is 0.348 e. The summed E-state index contributed by atoms with van der Waals surface area (Å²) in [6.07, 6.45) is 3.95. The Labute approximate surface area is 89.6 Å². The number of carbonyl (C=O) groups is 1. The van der Waals surface area contributed by atoms with Crippen LogP contribution in [0.15, 0.2) is 0 Å². The lowest BCUT2D eigenvalue weighted by Gasteiger charge is -2.39. The van der Waals surface area contributed by atoms with Crippen LogP contribution in [-0.4, -0.2) is 16.6 Å². The first kappa shape index (κ1) is 9.90. The van der Waals surface area contributed by atoms with Gasteiger partial charge in [0.2, 0.25) is 0 Å². The molecule has 0 atom stereocenters. The fraction of sp³-hybridized carbons (Fsp3) is 0.800. The Hall–Kier alpha value is -0.640. The van der Waals surface area contributed by atoms with Crippen LogP contribution in [0.2, 0.25) is 0 Å². The highest BCUT2D eigenvalue weighted by atomic mass is 32.1. The van der Waals surface area contributed by atoms with Gasteiger partial charge in [-0.05, 0) is 43.3 Å². The molecule has 3 nitrogen and oxygen atoms in total. The van der Waals surface area contributed by atoms with Crippen LogP contribution in [0.3, 0.4) is 0 Å². The van der Waals surface area contributed by atoms with Crippen molar-refractivity contribution in [3.05, 3.63) is 0 Å². The fourth-order valence-electron chi connectivity index (χ4n) is 2.23. The zero-order chi connectivity index (χ0) is 10.4. The molecule has 0 aromatic carbocycles. The maximum absolute atomic E-state index is 11.7. The molecule has 1 saturated heterocycles. The fourth-order valence-corrected chi connectivity index (χ4v) is 2.52. The van der Waals surface area contributed by atoms with Crippen LogP contribution in [-0.2, 0) is 4.79 Å². The van der Waals surface area contributed by atoms with Crippen molar-refractivity contribution in [2.24, 2.45) is 5.41 Å². The Kier molecular flexibility index (Phi) is 2.07. The molecule has 1 heterocycles. The minimum Gasteiger partial charge on any atom is -0.348 e. The van der Waals surface area contributed by atoms with Gasteiger partial charge < -0.3 is 10.6 Å². The maximum atomic E-state index is 11.7. The second kappa shape index (κ2) is 2.92. The van der Waals surface area contributed by atoms with E-state index in [1.165, 1.54) is 0 Å². The number of thiocarbonyl (C=S) groups is 1. The normalized spacial score (nSPS) is 28.7. The summed E-state index contributed by atoms with van der Waals surface area (Å²) in [7, 11) is 0. The monoisotopic (exact) mass is 212 g/mol. The molecular weight excluding hydrogens is 196 g/mol. The quantitative estimate of drug-likeness (QED) is 0.595. The minimum absolute atomic E-state index is 0.0676. The Morgan fingerprint density at radius 1 is 1.21 bits per heavy atom. The first-order valence-electron chi connectivity index (χ1n) is 5.07. The molecule has 0 radical (unpaired) electrons. The third-order valence-electron chi connectivity index (χ3n) is 3.47. The van der Waals surface area contributed by atoms with Crippen molar-refractivity contribution < 1.29 is 4.79 Å². The van der Waals surface area contributed by atoms with Crippen LogP contribution in [0.5, 0.6) is 0 Å². The molecule has 1 aliphatic carbocycles. The zero-order valence-electron chi connectivity index (χ0n) is 8.64. The Morgan fingerprint density at radius 2 is 1.79 bits per heavy atom. The SMILES string of the molecule is CC1(C)CCC2(CC1)NC(=S)NC2=O. The number of hydrogen-bond donors (Lipinski definition) is 2. The van der Waals surface area contributed by atoms with Gasteiger partial charge in [0.25, 0.3) is 5.91 Å². The first-order valence-corrected chi connectivity index (χ1v) is 5.48. The van der Waals surface area contributed by atoms with Crippen molar-refractivity contribution in [1.82, 2.24) is 10.6 Å². The molecule has 0 aromatic heterocycles. The molecular formula is C10H16N2OS. The van der Waals surface area contributed by atoms with Crippen molar-refractivity contribution in [3.63, 3.8) is 0 Å². The molecule has 14 heavy (non-hydrogen) atoms. The number of nitrogens with one attached hydrogen (secondary N) is 2. The van der Waals surface area contributed by atoms with Gasteiger partial charge in [-0.25, -0.2) is 0 Å². The van der Waals surface area contributed by atoms with E-state index >= 15 is 0 Å². The van der Waals surface area contributed by atoms with E-state index in [0.717, 1.165) is 25.7 Å². The molecule has 2 N–H and O–H groups in total. The van der Waals surface area contributed by atoms with E-state index in [2.05, 4.69) is 24.5 Å². The summed E-state index contributed by atoms with van der Waals surface area (Å²) in [4.78, 5) is 11.7. The number of rotatable bonds is 0. The first-order chi connectivity index (χ1) is 6.44. The molecule has 1 saturated carbocycles. The summed E-state index contributed by atoms with van der Waals surface area (Å²) in [5.41, 5.74) is -0.00990. The van der Waals surface area contributed by atoms with E-state index in [1.807, 2.05) is 0 Å². The van der Waals surface area contributed by atoms with Crippen LogP contribution in [0.4, 0.5) is 0 Å². The second-order valence-electron chi connectivity index (χ2n) is 5.15.